The molecule has 4 heteroatoms. The summed E-state index contributed by atoms with van der Waals surface area (Å²) in [6.07, 6.45) is 6.19. The van der Waals surface area contributed by atoms with Gasteiger partial charge < -0.3 is 16.4 Å². The van der Waals surface area contributed by atoms with Gasteiger partial charge in [-0.25, -0.2) is 0 Å². The number of carbonyl (C=O) groups is 1. The fourth-order valence-electron chi connectivity index (χ4n) is 2.84. The molecule has 1 aliphatic heterocycles. The minimum atomic E-state index is 0.0321. The minimum Gasteiger partial charge on any atom is -0.353 e. The number of fused-ring (bicyclic) bond motifs is 1. The molecule has 2 fully saturated rings. The van der Waals surface area contributed by atoms with Crippen molar-refractivity contribution >= 4 is 5.91 Å². The zero-order chi connectivity index (χ0) is 10.7. The van der Waals surface area contributed by atoms with Crippen LogP contribution < -0.4 is 16.4 Å². The summed E-state index contributed by atoms with van der Waals surface area (Å²) in [6, 6.07) is 0.622. The lowest BCUT2D eigenvalue weighted by atomic mass is 9.85. The second-order valence-electron chi connectivity index (χ2n) is 4.69. The van der Waals surface area contributed by atoms with E-state index < -0.39 is 0 Å². The maximum absolute atomic E-state index is 11.7. The first kappa shape index (κ1) is 10.9. The number of rotatable bonds is 3. The SMILES string of the molecule is NCCNC(=O)C1CC2CCCCC2N1. The Morgan fingerprint density at radius 3 is 2.93 bits per heavy atom. The molecule has 4 nitrogen and oxygen atoms in total. The van der Waals surface area contributed by atoms with E-state index in [0.717, 1.165) is 12.3 Å². The van der Waals surface area contributed by atoms with Gasteiger partial charge in [-0.15, -0.1) is 0 Å². The van der Waals surface area contributed by atoms with Crippen molar-refractivity contribution in [1.29, 1.82) is 0 Å². The molecule has 3 unspecified atom stereocenters. The van der Waals surface area contributed by atoms with Gasteiger partial charge in [-0.3, -0.25) is 4.79 Å². The van der Waals surface area contributed by atoms with Gasteiger partial charge in [0.15, 0.2) is 0 Å². The van der Waals surface area contributed by atoms with Gasteiger partial charge in [-0.05, 0) is 25.2 Å². The Labute approximate surface area is 91.0 Å². The third-order valence-corrected chi connectivity index (χ3v) is 3.62. The summed E-state index contributed by atoms with van der Waals surface area (Å²) in [7, 11) is 0. The smallest absolute Gasteiger partial charge is 0.237 e. The summed E-state index contributed by atoms with van der Waals surface area (Å²) in [5, 5.41) is 6.31. The quantitative estimate of drug-likeness (QED) is 0.614. The van der Waals surface area contributed by atoms with Crippen LogP contribution >= 0.6 is 0 Å². The number of carbonyl (C=O) groups excluding carboxylic acids is 1. The van der Waals surface area contributed by atoms with Crippen LogP contribution in [0.15, 0.2) is 0 Å². The van der Waals surface area contributed by atoms with Crippen LogP contribution in [0.4, 0.5) is 0 Å². The zero-order valence-electron chi connectivity index (χ0n) is 9.17. The first-order chi connectivity index (χ1) is 7.31. The predicted octanol–water partition coefficient (Wildman–Crippen LogP) is -0.0180. The van der Waals surface area contributed by atoms with Crippen molar-refractivity contribution in [2.45, 2.75) is 44.2 Å². The van der Waals surface area contributed by atoms with Crippen LogP contribution in [0.25, 0.3) is 0 Å². The van der Waals surface area contributed by atoms with E-state index in [4.69, 9.17) is 5.73 Å². The Bertz CT molecular complexity index is 218. The maximum atomic E-state index is 11.7. The molecule has 1 saturated carbocycles. The summed E-state index contributed by atoms with van der Waals surface area (Å²) in [4.78, 5) is 11.7. The minimum absolute atomic E-state index is 0.0321. The van der Waals surface area contributed by atoms with E-state index in [9.17, 15) is 4.79 Å². The van der Waals surface area contributed by atoms with E-state index >= 15 is 0 Å². The third kappa shape index (κ3) is 2.49. The third-order valence-electron chi connectivity index (χ3n) is 3.62. The Balaban J connectivity index is 1.82. The van der Waals surface area contributed by atoms with Crippen molar-refractivity contribution in [1.82, 2.24) is 10.6 Å². The molecule has 2 aliphatic rings. The standard InChI is InChI=1S/C11H21N3O/c12-5-6-13-11(15)10-7-8-3-1-2-4-9(8)14-10/h8-10,14H,1-7,12H2,(H,13,15). The highest BCUT2D eigenvalue weighted by molar-refractivity contribution is 5.82. The van der Waals surface area contributed by atoms with Crippen molar-refractivity contribution < 1.29 is 4.79 Å². The van der Waals surface area contributed by atoms with Crippen LogP contribution in [0.1, 0.15) is 32.1 Å². The van der Waals surface area contributed by atoms with Crippen LogP contribution in [0.3, 0.4) is 0 Å². The average molecular weight is 211 g/mol. The molecular formula is C11H21N3O. The number of nitrogens with two attached hydrogens (primary N) is 1. The van der Waals surface area contributed by atoms with E-state index in [1.165, 1.54) is 25.7 Å². The molecule has 1 amide bonds. The molecule has 0 aromatic rings. The topological polar surface area (TPSA) is 67.1 Å². The first-order valence-corrected chi connectivity index (χ1v) is 6.05. The molecule has 15 heavy (non-hydrogen) atoms. The molecule has 4 N–H and O–H groups in total. The summed E-state index contributed by atoms with van der Waals surface area (Å²) in [5.74, 6) is 0.863. The number of hydrogen-bond acceptors (Lipinski definition) is 3. The lowest BCUT2D eigenvalue weighted by Gasteiger charge is -2.24. The molecule has 0 spiro atoms. The van der Waals surface area contributed by atoms with Crippen LogP contribution in [0, 0.1) is 5.92 Å². The second-order valence-corrected chi connectivity index (χ2v) is 4.69. The summed E-state index contributed by atoms with van der Waals surface area (Å²) < 4.78 is 0. The van der Waals surface area contributed by atoms with E-state index in [2.05, 4.69) is 10.6 Å². The Hall–Kier alpha value is -0.610. The van der Waals surface area contributed by atoms with Gasteiger partial charge in [0, 0.05) is 19.1 Å². The van der Waals surface area contributed by atoms with Gasteiger partial charge in [-0.2, -0.15) is 0 Å². The molecule has 2 rings (SSSR count). The van der Waals surface area contributed by atoms with Crippen molar-refractivity contribution in [3.63, 3.8) is 0 Å². The average Bonchev–Trinajstić information content (AvgIpc) is 2.69. The molecule has 0 bridgehead atoms. The molecule has 3 atom stereocenters. The molecule has 1 saturated heterocycles. The molecule has 0 aromatic heterocycles. The van der Waals surface area contributed by atoms with Crippen molar-refractivity contribution in [3.8, 4) is 0 Å². The van der Waals surface area contributed by atoms with Crippen molar-refractivity contribution in [2.75, 3.05) is 13.1 Å². The highest BCUT2D eigenvalue weighted by Crippen LogP contribution is 2.33. The fourth-order valence-corrected chi connectivity index (χ4v) is 2.84. The number of hydrogen-bond donors (Lipinski definition) is 3. The normalized spacial score (nSPS) is 34.9. The molecule has 1 heterocycles. The number of amides is 1. The zero-order valence-corrected chi connectivity index (χ0v) is 9.17. The largest absolute Gasteiger partial charge is 0.353 e. The molecule has 0 aromatic carbocycles. The maximum Gasteiger partial charge on any atom is 0.237 e. The molecule has 1 aliphatic carbocycles. The second kappa shape index (κ2) is 4.94. The van der Waals surface area contributed by atoms with Crippen LogP contribution in [-0.2, 0) is 4.79 Å². The first-order valence-electron chi connectivity index (χ1n) is 6.05. The van der Waals surface area contributed by atoms with Gasteiger partial charge in [0.25, 0.3) is 0 Å². The number of nitrogens with one attached hydrogen (secondary N) is 2. The van der Waals surface area contributed by atoms with Crippen molar-refractivity contribution in [2.24, 2.45) is 11.7 Å². The molecule has 86 valence electrons. The lowest BCUT2D eigenvalue weighted by Crippen LogP contribution is -2.44. The van der Waals surface area contributed by atoms with E-state index in [0.29, 0.717) is 19.1 Å². The Kier molecular flexibility index (Phi) is 3.59. The molecule has 0 radical (unpaired) electrons. The van der Waals surface area contributed by atoms with Gasteiger partial charge in [0.05, 0.1) is 6.04 Å². The van der Waals surface area contributed by atoms with Gasteiger partial charge in [0.2, 0.25) is 5.91 Å². The Morgan fingerprint density at radius 1 is 1.40 bits per heavy atom. The fraction of sp³-hybridized carbons (Fsp3) is 0.909. The van der Waals surface area contributed by atoms with E-state index in [-0.39, 0.29) is 11.9 Å². The summed E-state index contributed by atoms with van der Waals surface area (Å²) >= 11 is 0. The predicted molar refractivity (Wildman–Crippen MR) is 59.4 cm³/mol. The van der Waals surface area contributed by atoms with Crippen LogP contribution in [0.5, 0.6) is 0 Å². The van der Waals surface area contributed by atoms with Gasteiger partial charge in [-0.1, -0.05) is 12.8 Å². The summed E-state index contributed by atoms with van der Waals surface area (Å²) in [5.41, 5.74) is 5.36. The summed E-state index contributed by atoms with van der Waals surface area (Å²) in [6.45, 7) is 1.11. The highest BCUT2D eigenvalue weighted by Gasteiger charge is 2.37. The highest BCUT2D eigenvalue weighted by atomic mass is 16.2. The Morgan fingerprint density at radius 2 is 2.20 bits per heavy atom. The van der Waals surface area contributed by atoms with Crippen molar-refractivity contribution in [3.05, 3.63) is 0 Å². The van der Waals surface area contributed by atoms with E-state index in [1.807, 2.05) is 0 Å². The van der Waals surface area contributed by atoms with Gasteiger partial charge in [0.1, 0.15) is 0 Å². The van der Waals surface area contributed by atoms with E-state index in [1.54, 1.807) is 0 Å². The molecular weight excluding hydrogens is 190 g/mol. The van der Waals surface area contributed by atoms with Gasteiger partial charge >= 0.3 is 0 Å². The monoisotopic (exact) mass is 211 g/mol. The lowest BCUT2D eigenvalue weighted by molar-refractivity contribution is -0.122. The van der Waals surface area contributed by atoms with Crippen LogP contribution in [-0.4, -0.2) is 31.1 Å². The van der Waals surface area contributed by atoms with Crippen LogP contribution in [0.2, 0.25) is 0 Å².